The van der Waals surface area contributed by atoms with Gasteiger partial charge in [0, 0.05) is 11.0 Å². The summed E-state index contributed by atoms with van der Waals surface area (Å²) in [7, 11) is 0. The summed E-state index contributed by atoms with van der Waals surface area (Å²) in [5, 5.41) is 13.0. The number of anilines is 1. The summed E-state index contributed by atoms with van der Waals surface area (Å²) in [5.41, 5.74) is 2.59. The first-order valence-electron chi connectivity index (χ1n) is 8.57. The summed E-state index contributed by atoms with van der Waals surface area (Å²) in [4.78, 5) is 13.5. The minimum atomic E-state index is -0.245. The summed E-state index contributed by atoms with van der Waals surface area (Å²) < 4.78 is 10.6. The number of hydrogen-bond donors (Lipinski definition) is 1. The molecule has 2 heterocycles. The first kappa shape index (κ1) is 16.7. The number of thiophene rings is 1. The van der Waals surface area contributed by atoms with E-state index in [0.717, 1.165) is 30.4 Å². The lowest BCUT2D eigenvalue weighted by molar-refractivity contribution is -0.111. The van der Waals surface area contributed by atoms with Crippen LogP contribution < -0.4 is 14.8 Å². The van der Waals surface area contributed by atoms with Gasteiger partial charge in [0.25, 0.3) is 0 Å². The zero-order chi connectivity index (χ0) is 18.1. The smallest absolute Gasteiger partial charge is 0.249 e. The van der Waals surface area contributed by atoms with Crippen LogP contribution in [-0.4, -0.2) is 12.7 Å². The standard InChI is InChI=1S/C20H18N2O3S/c1-12-2-5-14-15(10-21)20(26-18(14)8-12)22-19(23)7-4-13-3-6-16-17(9-13)25-11-24-16/h3-4,6-7,9,12H,2,5,8,11H2,1H3,(H,22,23)/b7-4-/t12-/m1/s1. The fourth-order valence-electron chi connectivity index (χ4n) is 3.30. The molecule has 1 aromatic heterocycles. The van der Waals surface area contributed by atoms with Gasteiger partial charge in [0.15, 0.2) is 11.5 Å². The van der Waals surface area contributed by atoms with Gasteiger partial charge in [0.05, 0.1) is 5.56 Å². The van der Waals surface area contributed by atoms with Crippen LogP contribution in [0.5, 0.6) is 11.5 Å². The van der Waals surface area contributed by atoms with Gasteiger partial charge in [-0.15, -0.1) is 11.3 Å². The Morgan fingerprint density at radius 1 is 1.38 bits per heavy atom. The molecule has 1 atom stereocenters. The second-order valence-electron chi connectivity index (χ2n) is 6.60. The number of nitriles is 1. The van der Waals surface area contributed by atoms with Gasteiger partial charge < -0.3 is 14.8 Å². The molecule has 1 N–H and O–H groups in total. The molecule has 0 bridgehead atoms. The molecule has 0 spiro atoms. The maximum atomic E-state index is 12.3. The normalized spacial score (nSPS) is 17.8. The largest absolute Gasteiger partial charge is 0.454 e. The first-order valence-corrected chi connectivity index (χ1v) is 9.39. The zero-order valence-corrected chi connectivity index (χ0v) is 15.2. The van der Waals surface area contributed by atoms with Crippen LogP contribution in [-0.2, 0) is 17.6 Å². The van der Waals surface area contributed by atoms with Crippen LogP contribution in [0.2, 0.25) is 0 Å². The van der Waals surface area contributed by atoms with Gasteiger partial charge >= 0.3 is 0 Å². The van der Waals surface area contributed by atoms with Gasteiger partial charge in [-0.3, -0.25) is 4.79 Å². The number of carbonyl (C=O) groups is 1. The lowest BCUT2D eigenvalue weighted by atomic mass is 9.89. The Morgan fingerprint density at radius 3 is 3.08 bits per heavy atom. The van der Waals surface area contributed by atoms with E-state index in [1.54, 1.807) is 6.08 Å². The number of amides is 1. The van der Waals surface area contributed by atoms with Crippen molar-refractivity contribution in [3.63, 3.8) is 0 Å². The zero-order valence-electron chi connectivity index (χ0n) is 14.4. The monoisotopic (exact) mass is 366 g/mol. The Bertz CT molecular complexity index is 939. The maximum Gasteiger partial charge on any atom is 0.249 e. The van der Waals surface area contributed by atoms with Gasteiger partial charge in [-0.2, -0.15) is 5.26 Å². The van der Waals surface area contributed by atoms with Crippen LogP contribution in [0.25, 0.3) is 6.08 Å². The van der Waals surface area contributed by atoms with Crippen LogP contribution in [0.3, 0.4) is 0 Å². The highest BCUT2D eigenvalue weighted by molar-refractivity contribution is 7.16. The molecular formula is C20H18N2O3S. The Balaban J connectivity index is 1.49. The topological polar surface area (TPSA) is 71.3 Å². The van der Waals surface area contributed by atoms with Crippen molar-refractivity contribution in [2.45, 2.75) is 26.2 Å². The van der Waals surface area contributed by atoms with Gasteiger partial charge in [-0.05, 0) is 54.5 Å². The van der Waals surface area contributed by atoms with E-state index in [2.05, 4.69) is 18.3 Å². The molecule has 0 unspecified atom stereocenters. The molecular weight excluding hydrogens is 348 g/mol. The number of hydrogen-bond acceptors (Lipinski definition) is 5. The molecule has 2 aliphatic rings. The van der Waals surface area contributed by atoms with E-state index in [9.17, 15) is 10.1 Å². The summed E-state index contributed by atoms with van der Waals surface area (Å²) in [6.07, 6.45) is 6.19. The number of carbonyl (C=O) groups excluding carboxylic acids is 1. The molecule has 0 radical (unpaired) electrons. The van der Waals surface area contributed by atoms with Crippen LogP contribution >= 0.6 is 11.3 Å². The number of nitrogens with one attached hydrogen (secondary N) is 1. The third-order valence-electron chi connectivity index (χ3n) is 4.68. The van der Waals surface area contributed by atoms with Crippen molar-refractivity contribution in [2.75, 3.05) is 12.1 Å². The molecule has 4 rings (SSSR count). The molecule has 0 fully saturated rings. The average Bonchev–Trinajstić information content (AvgIpc) is 3.22. The maximum absolute atomic E-state index is 12.3. The predicted octanol–water partition coefficient (Wildman–Crippen LogP) is 4.13. The number of ether oxygens (including phenoxy) is 2. The molecule has 26 heavy (non-hydrogen) atoms. The first-order chi connectivity index (χ1) is 12.6. The highest BCUT2D eigenvalue weighted by Crippen LogP contribution is 2.39. The highest BCUT2D eigenvalue weighted by atomic mass is 32.1. The van der Waals surface area contributed by atoms with Crippen molar-refractivity contribution in [2.24, 2.45) is 5.92 Å². The van der Waals surface area contributed by atoms with Gasteiger partial charge in [-0.25, -0.2) is 0 Å². The third-order valence-corrected chi connectivity index (χ3v) is 5.85. The van der Waals surface area contributed by atoms with E-state index in [1.807, 2.05) is 18.2 Å². The van der Waals surface area contributed by atoms with E-state index in [-0.39, 0.29) is 12.7 Å². The number of nitrogens with zero attached hydrogens (tertiary/aromatic N) is 1. The summed E-state index contributed by atoms with van der Waals surface area (Å²) in [5.74, 6) is 1.77. The number of rotatable bonds is 3. The molecule has 0 saturated carbocycles. The van der Waals surface area contributed by atoms with Crippen molar-refractivity contribution >= 4 is 28.3 Å². The molecule has 1 amide bonds. The number of fused-ring (bicyclic) bond motifs is 2. The van der Waals surface area contributed by atoms with E-state index in [4.69, 9.17) is 9.47 Å². The Kier molecular flexibility index (Phi) is 4.39. The predicted molar refractivity (Wildman–Crippen MR) is 100 cm³/mol. The molecule has 132 valence electrons. The molecule has 1 aromatic carbocycles. The second kappa shape index (κ2) is 6.85. The van der Waals surface area contributed by atoms with Crippen LogP contribution in [0.1, 0.15) is 34.9 Å². The quantitative estimate of drug-likeness (QED) is 0.829. The number of benzene rings is 1. The van der Waals surface area contributed by atoms with E-state index >= 15 is 0 Å². The minimum absolute atomic E-state index is 0.224. The Morgan fingerprint density at radius 2 is 2.23 bits per heavy atom. The van der Waals surface area contributed by atoms with Crippen LogP contribution in [0, 0.1) is 17.2 Å². The SMILES string of the molecule is C[C@@H]1CCc2c(sc(NC(=O)/C=C\c3ccc4c(c3)OCO4)c2C#N)C1. The van der Waals surface area contributed by atoms with E-state index < -0.39 is 0 Å². The summed E-state index contributed by atoms with van der Waals surface area (Å²) >= 11 is 1.53. The van der Waals surface area contributed by atoms with Crippen molar-refractivity contribution in [3.05, 3.63) is 45.8 Å². The fourth-order valence-corrected chi connectivity index (χ4v) is 4.66. The highest BCUT2D eigenvalue weighted by Gasteiger charge is 2.24. The van der Waals surface area contributed by atoms with E-state index in [0.29, 0.717) is 28.0 Å². The molecule has 6 heteroatoms. The van der Waals surface area contributed by atoms with Gasteiger partial charge in [0.1, 0.15) is 11.1 Å². The third kappa shape index (κ3) is 3.18. The van der Waals surface area contributed by atoms with Crippen molar-refractivity contribution in [1.82, 2.24) is 0 Å². The van der Waals surface area contributed by atoms with Crippen molar-refractivity contribution in [3.8, 4) is 17.6 Å². The van der Waals surface area contributed by atoms with Crippen molar-refractivity contribution in [1.29, 1.82) is 5.26 Å². The molecule has 1 aliphatic heterocycles. The fraction of sp³-hybridized carbons (Fsp3) is 0.300. The summed E-state index contributed by atoms with van der Waals surface area (Å²) in [6, 6.07) is 7.78. The van der Waals surface area contributed by atoms with Gasteiger partial charge in [0.2, 0.25) is 12.7 Å². The lowest BCUT2D eigenvalue weighted by Crippen LogP contribution is -2.10. The van der Waals surface area contributed by atoms with Crippen molar-refractivity contribution < 1.29 is 14.3 Å². The Hall–Kier alpha value is -2.78. The molecule has 5 nitrogen and oxygen atoms in total. The van der Waals surface area contributed by atoms with Crippen LogP contribution in [0.15, 0.2) is 24.3 Å². The summed E-state index contributed by atoms with van der Waals surface area (Å²) in [6.45, 7) is 2.45. The van der Waals surface area contributed by atoms with E-state index in [1.165, 1.54) is 22.3 Å². The molecule has 1 aliphatic carbocycles. The lowest BCUT2D eigenvalue weighted by Gasteiger charge is -2.17. The Labute approximate surface area is 155 Å². The van der Waals surface area contributed by atoms with Crippen LogP contribution in [0.4, 0.5) is 5.00 Å². The molecule has 2 aromatic rings. The molecule has 0 saturated heterocycles. The van der Waals surface area contributed by atoms with Gasteiger partial charge in [-0.1, -0.05) is 13.0 Å². The minimum Gasteiger partial charge on any atom is -0.454 e. The second-order valence-corrected chi connectivity index (χ2v) is 7.71. The average molecular weight is 366 g/mol.